The molecule has 1 saturated heterocycles. The van der Waals surface area contributed by atoms with Gasteiger partial charge in [-0.05, 0) is 6.07 Å². The number of ether oxygens (including phenoxy) is 3. The van der Waals surface area contributed by atoms with Crippen molar-refractivity contribution in [2.24, 2.45) is 0 Å². The van der Waals surface area contributed by atoms with Gasteiger partial charge in [0.2, 0.25) is 5.88 Å². The van der Waals surface area contributed by atoms with Crippen LogP contribution in [0, 0.1) is 0 Å². The maximum Gasteiger partial charge on any atom is 0.321 e. The molecule has 144 valence electrons. The summed E-state index contributed by atoms with van der Waals surface area (Å²) in [5, 5.41) is 3.46. The van der Waals surface area contributed by atoms with Crippen LogP contribution in [0.15, 0.2) is 36.5 Å². The quantitative estimate of drug-likeness (QED) is 0.838. The average molecular weight is 392 g/mol. The number of aromatic nitrogens is 1. The van der Waals surface area contributed by atoms with Crippen molar-refractivity contribution in [3.05, 3.63) is 41.6 Å². The lowest BCUT2D eigenvalue weighted by molar-refractivity contribution is 0.111. The summed E-state index contributed by atoms with van der Waals surface area (Å²) in [7, 11) is 3.14. The van der Waals surface area contributed by atoms with Crippen molar-refractivity contribution in [1.82, 2.24) is 9.88 Å². The standard InChI is InChI=1S/C19H22ClN3O4/c1-25-16-9-14(10-17(11-16)26-2)22-19(24)23-7-5-15(6-8-23)27-18-4-3-13(20)12-21-18/h3-4,9-12,15H,5-8H2,1-2H3,(H,22,24). The second-order valence-corrected chi connectivity index (χ2v) is 6.59. The van der Waals surface area contributed by atoms with Crippen LogP contribution in [0.1, 0.15) is 12.8 Å². The van der Waals surface area contributed by atoms with Crippen LogP contribution in [0.3, 0.4) is 0 Å². The molecule has 1 aromatic carbocycles. The number of halogens is 1. The van der Waals surface area contributed by atoms with E-state index in [-0.39, 0.29) is 12.1 Å². The van der Waals surface area contributed by atoms with Crippen molar-refractivity contribution in [2.45, 2.75) is 18.9 Å². The van der Waals surface area contributed by atoms with Gasteiger partial charge in [-0.15, -0.1) is 0 Å². The molecule has 1 aliphatic heterocycles. The fraction of sp³-hybridized carbons (Fsp3) is 0.368. The first kappa shape index (κ1) is 19.1. The molecule has 8 heteroatoms. The zero-order valence-electron chi connectivity index (χ0n) is 15.3. The number of pyridine rings is 1. The summed E-state index contributed by atoms with van der Waals surface area (Å²) in [5.41, 5.74) is 0.625. The predicted octanol–water partition coefficient (Wildman–Crippen LogP) is 3.83. The van der Waals surface area contributed by atoms with E-state index in [4.69, 9.17) is 25.8 Å². The minimum atomic E-state index is -0.159. The van der Waals surface area contributed by atoms with Gasteiger partial charge in [-0.3, -0.25) is 0 Å². The van der Waals surface area contributed by atoms with Crippen LogP contribution in [0.5, 0.6) is 17.4 Å². The predicted molar refractivity (Wildman–Crippen MR) is 103 cm³/mol. The molecule has 27 heavy (non-hydrogen) atoms. The Morgan fingerprint density at radius 3 is 2.37 bits per heavy atom. The first-order valence-corrected chi connectivity index (χ1v) is 9.02. The summed E-state index contributed by atoms with van der Waals surface area (Å²) in [5.74, 6) is 1.78. The van der Waals surface area contributed by atoms with Crippen LogP contribution in [0.25, 0.3) is 0 Å². The Kier molecular flexibility index (Phi) is 6.24. The number of methoxy groups -OCH3 is 2. The summed E-state index contributed by atoms with van der Waals surface area (Å²) in [4.78, 5) is 18.4. The number of benzene rings is 1. The summed E-state index contributed by atoms with van der Waals surface area (Å²) in [6.45, 7) is 1.20. The van der Waals surface area contributed by atoms with Gasteiger partial charge in [0, 0.05) is 62.1 Å². The lowest BCUT2D eigenvalue weighted by Gasteiger charge is -2.32. The molecule has 2 amide bonds. The molecule has 7 nitrogen and oxygen atoms in total. The minimum absolute atomic E-state index is 0.0274. The van der Waals surface area contributed by atoms with Crippen molar-refractivity contribution in [3.63, 3.8) is 0 Å². The average Bonchev–Trinajstić information content (AvgIpc) is 2.70. The topological polar surface area (TPSA) is 72.9 Å². The largest absolute Gasteiger partial charge is 0.497 e. The second-order valence-electron chi connectivity index (χ2n) is 6.15. The van der Waals surface area contributed by atoms with Crippen LogP contribution in [0.4, 0.5) is 10.5 Å². The van der Waals surface area contributed by atoms with Gasteiger partial charge in [-0.1, -0.05) is 11.6 Å². The number of piperidine rings is 1. The number of carbonyl (C=O) groups is 1. The third-order valence-electron chi connectivity index (χ3n) is 4.32. The highest BCUT2D eigenvalue weighted by Crippen LogP contribution is 2.26. The van der Waals surface area contributed by atoms with E-state index >= 15 is 0 Å². The van der Waals surface area contributed by atoms with Crippen LogP contribution in [0.2, 0.25) is 5.02 Å². The Morgan fingerprint density at radius 2 is 1.81 bits per heavy atom. The molecule has 1 fully saturated rings. The maximum absolute atomic E-state index is 12.5. The van der Waals surface area contributed by atoms with Crippen LogP contribution < -0.4 is 19.5 Å². The number of carbonyl (C=O) groups excluding carboxylic acids is 1. The SMILES string of the molecule is COc1cc(NC(=O)N2CCC(Oc3ccc(Cl)cn3)CC2)cc(OC)c1. The number of amides is 2. The minimum Gasteiger partial charge on any atom is -0.497 e. The first-order valence-electron chi connectivity index (χ1n) is 8.64. The fourth-order valence-electron chi connectivity index (χ4n) is 2.86. The van der Waals surface area contributed by atoms with Gasteiger partial charge in [-0.2, -0.15) is 0 Å². The molecule has 0 atom stereocenters. The van der Waals surface area contributed by atoms with Crippen LogP contribution in [-0.4, -0.2) is 49.3 Å². The Hall–Kier alpha value is -2.67. The summed E-state index contributed by atoms with van der Waals surface area (Å²) < 4.78 is 16.3. The molecule has 1 N–H and O–H groups in total. The fourth-order valence-corrected chi connectivity index (χ4v) is 2.97. The molecule has 0 spiro atoms. The van der Waals surface area contributed by atoms with Crippen molar-refractivity contribution < 1.29 is 19.0 Å². The lowest BCUT2D eigenvalue weighted by atomic mass is 10.1. The van der Waals surface area contributed by atoms with Crippen LogP contribution in [-0.2, 0) is 0 Å². The lowest BCUT2D eigenvalue weighted by Crippen LogP contribution is -2.43. The monoisotopic (exact) mass is 391 g/mol. The number of rotatable bonds is 5. The Balaban J connectivity index is 1.53. The Bertz CT molecular complexity index is 755. The van der Waals surface area contributed by atoms with E-state index in [1.165, 1.54) is 0 Å². The first-order chi connectivity index (χ1) is 13.1. The number of hydrogen-bond acceptors (Lipinski definition) is 5. The number of likely N-dealkylation sites (tertiary alicyclic amines) is 1. The van der Waals surface area contributed by atoms with Gasteiger partial charge in [0.05, 0.1) is 19.2 Å². The maximum atomic E-state index is 12.5. The van der Waals surface area contributed by atoms with Crippen molar-refractivity contribution in [1.29, 1.82) is 0 Å². The molecule has 0 aliphatic carbocycles. The highest BCUT2D eigenvalue weighted by atomic mass is 35.5. The van der Waals surface area contributed by atoms with E-state index in [1.807, 2.05) is 0 Å². The number of urea groups is 1. The van der Waals surface area contributed by atoms with Crippen LogP contribution >= 0.6 is 11.6 Å². The van der Waals surface area contributed by atoms with E-state index in [9.17, 15) is 4.79 Å². The van der Waals surface area contributed by atoms with E-state index in [1.54, 1.807) is 55.6 Å². The van der Waals surface area contributed by atoms with E-state index in [0.717, 1.165) is 12.8 Å². The Morgan fingerprint density at radius 1 is 1.15 bits per heavy atom. The normalized spacial score (nSPS) is 14.6. The number of nitrogens with zero attached hydrogens (tertiary/aromatic N) is 2. The van der Waals surface area contributed by atoms with Crippen molar-refractivity contribution in [3.8, 4) is 17.4 Å². The Labute approximate surface area is 163 Å². The van der Waals surface area contributed by atoms with Crippen molar-refractivity contribution >= 4 is 23.3 Å². The van der Waals surface area contributed by atoms with Gasteiger partial charge in [0.25, 0.3) is 0 Å². The van der Waals surface area contributed by atoms with E-state index in [0.29, 0.717) is 41.2 Å². The molecular weight excluding hydrogens is 370 g/mol. The molecule has 2 aromatic rings. The molecule has 0 radical (unpaired) electrons. The van der Waals surface area contributed by atoms with Gasteiger partial charge >= 0.3 is 6.03 Å². The third-order valence-corrected chi connectivity index (χ3v) is 4.54. The molecule has 2 heterocycles. The van der Waals surface area contributed by atoms with Gasteiger partial charge in [0.15, 0.2) is 0 Å². The molecule has 0 saturated carbocycles. The summed E-state index contributed by atoms with van der Waals surface area (Å²) in [6.07, 6.45) is 3.06. The highest BCUT2D eigenvalue weighted by Gasteiger charge is 2.24. The number of nitrogens with one attached hydrogen (secondary N) is 1. The molecule has 1 aromatic heterocycles. The highest BCUT2D eigenvalue weighted by molar-refractivity contribution is 6.30. The molecule has 3 rings (SSSR count). The second kappa shape index (κ2) is 8.81. The number of hydrogen-bond donors (Lipinski definition) is 1. The number of anilines is 1. The van der Waals surface area contributed by atoms with Gasteiger partial charge < -0.3 is 24.4 Å². The zero-order chi connectivity index (χ0) is 19.2. The van der Waals surface area contributed by atoms with Crippen molar-refractivity contribution in [2.75, 3.05) is 32.6 Å². The summed E-state index contributed by atoms with van der Waals surface area (Å²) in [6, 6.07) is 8.59. The molecular formula is C19H22ClN3O4. The van der Waals surface area contributed by atoms with E-state index in [2.05, 4.69) is 10.3 Å². The van der Waals surface area contributed by atoms with E-state index < -0.39 is 0 Å². The molecule has 0 bridgehead atoms. The smallest absolute Gasteiger partial charge is 0.321 e. The molecule has 1 aliphatic rings. The molecule has 0 unspecified atom stereocenters. The van der Waals surface area contributed by atoms with Gasteiger partial charge in [0.1, 0.15) is 17.6 Å². The summed E-state index contributed by atoms with van der Waals surface area (Å²) >= 11 is 5.83. The van der Waals surface area contributed by atoms with Gasteiger partial charge in [-0.25, -0.2) is 9.78 Å². The zero-order valence-corrected chi connectivity index (χ0v) is 16.0. The third kappa shape index (κ3) is 5.17.